The van der Waals surface area contributed by atoms with Gasteiger partial charge >= 0.3 is 6.03 Å². The van der Waals surface area contributed by atoms with Crippen molar-refractivity contribution in [3.05, 3.63) is 34.6 Å². The number of urea groups is 1. The van der Waals surface area contributed by atoms with Gasteiger partial charge in [0.05, 0.1) is 6.04 Å². The average Bonchev–Trinajstić information content (AvgIpc) is 3.25. The van der Waals surface area contributed by atoms with Crippen LogP contribution in [0.3, 0.4) is 0 Å². The Morgan fingerprint density at radius 3 is 2.73 bits per heavy atom. The Hall–Kier alpha value is -1.66. The van der Waals surface area contributed by atoms with Crippen LogP contribution in [0, 0.1) is 5.82 Å². The van der Waals surface area contributed by atoms with E-state index in [1.807, 2.05) is 0 Å². The molecule has 1 aromatic rings. The molecule has 2 rings (SSSR count). The Balaban J connectivity index is 1.91. The van der Waals surface area contributed by atoms with Crippen molar-refractivity contribution in [3.63, 3.8) is 0 Å². The van der Waals surface area contributed by atoms with Crippen LogP contribution < -0.4 is 10.6 Å². The van der Waals surface area contributed by atoms with E-state index in [0.717, 1.165) is 12.8 Å². The van der Waals surface area contributed by atoms with Crippen molar-refractivity contribution in [2.75, 3.05) is 7.05 Å². The van der Waals surface area contributed by atoms with Crippen molar-refractivity contribution in [3.8, 4) is 0 Å². The molecule has 0 bridgehead atoms. The molecule has 22 heavy (non-hydrogen) atoms. The van der Waals surface area contributed by atoms with Gasteiger partial charge in [-0.15, -0.1) is 0 Å². The van der Waals surface area contributed by atoms with Gasteiger partial charge in [-0.25, -0.2) is 9.18 Å². The topological polar surface area (TPSA) is 61.4 Å². The van der Waals surface area contributed by atoms with Crippen molar-refractivity contribution >= 4 is 23.5 Å². The molecular weight excluding hydrogens is 309 g/mol. The maximum Gasteiger partial charge on any atom is 0.321 e. The fourth-order valence-electron chi connectivity index (χ4n) is 1.94. The molecule has 3 amide bonds. The van der Waals surface area contributed by atoms with Gasteiger partial charge in [0, 0.05) is 23.2 Å². The summed E-state index contributed by atoms with van der Waals surface area (Å²) in [6, 6.07) is 3.54. The molecule has 0 unspecified atom stereocenters. The van der Waals surface area contributed by atoms with Crippen LogP contribution in [-0.2, 0) is 11.3 Å². The zero-order chi connectivity index (χ0) is 16.3. The smallest absolute Gasteiger partial charge is 0.321 e. The molecule has 1 atom stereocenters. The van der Waals surface area contributed by atoms with Crippen molar-refractivity contribution in [1.29, 1.82) is 0 Å². The van der Waals surface area contributed by atoms with Crippen LogP contribution in [0.25, 0.3) is 0 Å². The van der Waals surface area contributed by atoms with Gasteiger partial charge in [0.15, 0.2) is 0 Å². The zero-order valence-electron chi connectivity index (χ0n) is 12.5. The number of imide groups is 1. The number of carbonyl (C=O) groups excluding carboxylic acids is 2. The highest BCUT2D eigenvalue weighted by atomic mass is 35.5. The maximum absolute atomic E-state index is 13.8. The number of nitrogens with zero attached hydrogens (tertiary/aromatic N) is 1. The van der Waals surface area contributed by atoms with E-state index in [2.05, 4.69) is 10.6 Å². The number of hydrogen-bond acceptors (Lipinski definition) is 3. The van der Waals surface area contributed by atoms with Crippen molar-refractivity contribution in [1.82, 2.24) is 15.5 Å². The Kier molecular flexibility index (Phi) is 5.37. The molecule has 7 heteroatoms. The van der Waals surface area contributed by atoms with Crippen LogP contribution >= 0.6 is 11.6 Å². The molecule has 0 saturated heterocycles. The van der Waals surface area contributed by atoms with Crippen LogP contribution in [0.4, 0.5) is 9.18 Å². The molecule has 0 spiro atoms. The fourth-order valence-corrected chi connectivity index (χ4v) is 2.16. The highest BCUT2D eigenvalue weighted by Crippen LogP contribution is 2.21. The Labute approximate surface area is 133 Å². The Morgan fingerprint density at radius 2 is 2.14 bits per heavy atom. The molecule has 1 saturated carbocycles. The molecule has 1 aliphatic carbocycles. The summed E-state index contributed by atoms with van der Waals surface area (Å²) >= 11 is 5.98. The summed E-state index contributed by atoms with van der Waals surface area (Å²) in [6.07, 6.45) is 1.89. The van der Waals surface area contributed by atoms with Crippen molar-refractivity contribution in [2.45, 2.75) is 38.4 Å². The summed E-state index contributed by atoms with van der Waals surface area (Å²) in [5.41, 5.74) is 0.328. The lowest BCUT2D eigenvalue weighted by molar-refractivity contribution is -0.124. The molecule has 0 aliphatic heterocycles. The first kappa shape index (κ1) is 16.7. The quantitative estimate of drug-likeness (QED) is 0.872. The normalized spacial score (nSPS) is 15.5. The first-order valence-electron chi connectivity index (χ1n) is 7.13. The van der Waals surface area contributed by atoms with E-state index >= 15 is 0 Å². The minimum Gasteiger partial charge on any atom is -0.335 e. The molecule has 0 radical (unpaired) electrons. The first-order chi connectivity index (χ1) is 10.4. The summed E-state index contributed by atoms with van der Waals surface area (Å²) in [6.45, 7) is 1.82. The summed E-state index contributed by atoms with van der Waals surface area (Å²) in [4.78, 5) is 25.2. The lowest BCUT2D eigenvalue weighted by atomic mass is 10.1. The van der Waals surface area contributed by atoms with Crippen LogP contribution in [0.5, 0.6) is 0 Å². The molecule has 120 valence electrons. The molecule has 5 nitrogen and oxygen atoms in total. The number of halogens is 2. The molecule has 0 heterocycles. The predicted molar refractivity (Wildman–Crippen MR) is 82.0 cm³/mol. The number of rotatable bonds is 5. The number of hydrogen-bond donors (Lipinski definition) is 2. The van der Waals surface area contributed by atoms with Gasteiger partial charge in [-0.05, 0) is 38.9 Å². The van der Waals surface area contributed by atoms with E-state index in [1.54, 1.807) is 24.9 Å². The SMILES string of the molecule is C[C@@H](C(=O)NC(=O)NC1CC1)N(C)Cc1c(F)cccc1Cl. The van der Waals surface area contributed by atoms with Gasteiger partial charge in [-0.2, -0.15) is 0 Å². The average molecular weight is 328 g/mol. The first-order valence-corrected chi connectivity index (χ1v) is 7.50. The van der Waals surface area contributed by atoms with Gasteiger partial charge < -0.3 is 5.32 Å². The molecular formula is C15H19ClFN3O2. The third kappa shape index (κ3) is 4.42. The van der Waals surface area contributed by atoms with Crippen LogP contribution in [-0.4, -0.2) is 36.0 Å². The van der Waals surface area contributed by atoms with Crippen molar-refractivity contribution in [2.24, 2.45) is 0 Å². The Morgan fingerprint density at radius 1 is 1.45 bits per heavy atom. The zero-order valence-corrected chi connectivity index (χ0v) is 13.3. The maximum atomic E-state index is 13.8. The summed E-state index contributed by atoms with van der Waals surface area (Å²) in [7, 11) is 1.67. The predicted octanol–water partition coefficient (Wildman–Crippen LogP) is 2.29. The number of benzene rings is 1. The highest BCUT2D eigenvalue weighted by molar-refractivity contribution is 6.31. The fraction of sp³-hybridized carbons (Fsp3) is 0.467. The number of nitrogens with one attached hydrogen (secondary N) is 2. The monoisotopic (exact) mass is 327 g/mol. The minimum absolute atomic E-state index is 0.171. The molecule has 1 aromatic carbocycles. The van der Waals surface area contributed by atoms with Gasteiger partial charge in [0.2, 0.25) is 5.91 Å². The highest BCUT2D eigenvalue weighted by Gasteiger charge is 2.26. The van der Waals surface area contributed by atoms with Crippen LogP contribution in [0.15, 0.2) is 18.2 Å². The van der Waals surface area contributed by atoms with Gasteiger partial charge in [-0.3, -0.25) is 15.0 Å². The number of amides is 3. The largest absolute Gasteiger partial charge is 0.335 e. The van der Waals surface area contributed by atoms with E-state index in [-0.39, 0.29) is 12.6 Å². The third-order valence-corrected chi connectivity index (χ3v) is 4.01. The molecule has 1 aliphatic rings. The van der Waals surface area contributed by atoms with Gasteiger partial charge in [0.25, 0.3) is 0 Å². The second-order valence-corrected chi connectivity index (χ2v) is 5.94. The van der Waals surface area contributed by atoms with E-state index in [4.69, 9.17) is 11.6 Å². The summed E-state index contributed by atoms with van der Waals surface area (Å²) in [5, 5.41) is 5.28. The van der Waals surface area contributed by atoms with Gasteiger partial charge in [-0.1, -0.05) is 17.7 Å². The number of carbonyl (C=O) groups is 2. The lowest BCUT2D eigenvalue weighted by Gasteiger charge is -2.24. The Bertz CT molecular complexity index is 558. The molecule has 0 aromatic heterocycles. The summed E-state index contributed by atoms with van der Waals surface area (Å²) < 4.78 is 13.8. The standard InChI is InChI=1S/C15H19ClFN3O2/c1-9(14(21)19-15(22)18-10-6-7-10)20(2)8-11-12(16)4-3-5-13(11)17/h3-5,9-10H,6-8H2,1-2H3,(H2,18,19,21,22)/t9-/m0/s1. The van der Waals surface area contributed by atoms with E-state index < -0.39 is 23.8 Å². The third-order valence-electron chi connectivity index (χ3n) is 3.66. The van der Waals surface area contributed by atoms with Crippen LogP contribution in [0.1, 0.15) is 25.3 Å². The number of likely N-dealkylation sites (N-methyl/N-ethyl adjacent to an activating group) is 1. The second-order valence-electron chi connectivity index (χ2n) is 5.53. The van der Waals surface area contributed by atoms with Gasteiger partial charge in [0.1, 0.15) is 5.82 Å². The van der Waals surface area contributed by atoms with Crippen molar-refractivity contribution < 1.29 is 14.0 Å². The van der Waals surface area contributed by atoms with E-state index in [9.17, 15) is 14.0 Å². The van der Waals surface area contributed by atoms with E-state index in [0.29, 0.717) is 10.6 Å². The lowest BCUT2D eigenvalue weighted by Crippen LogP contribution is -2.48. The molecule has 2 N–H and O–H groups in total. The summed E-state index contributed by atoms with van der Waals surface area (Å²) in [5.74, 6) is -0.855. The van der Waals surface area contributed by atoms with Crippen LogP contribution in [0.2, 0.25) is 5.02 Å². The minimum atomic E-state index is -0.597. The molecule has 1 fully saturated rings. The van der Waals surface area contributed by atoms with E-state index in [1.165, 1.54) is 12.1 Å². The second kappa shape index (κ2) is 7.07.